The fourth-order valence-corrected chi connectivity index (χ4v) is 5.38. The molecule has 0 aliphatic carbocycles. The smallest absolute Gasteiger partial charge is 0.217 e. The van der Waals surface area contributed by atoms with Crippen LogP contribution in [0.5, 0.6) is 11.5 Å². The number of H-pyrrole nitrogens is 2. The lowest BCUT2D eigenvalue weighted by Crippen LogP contribution is -1.96. The molecule has 0 aliphatic rings. The van der Waals surface area contributed by atoms with Crippen LogP contribution in [-0.4, -0.2) is 67.9 Å². The summed E-state index contributed by atoms with van der Waals surface area (Å²) in [6.45, 7) is 0. The minimum Gasteiger partial charge on any atom is -0.497 e. The first-order chi connectivity index (χ1) is 18.6. The molecule has 2 N–H and O–H groups in total. The fourth-order valence-electron chi connectivity index (χ4n) is 3.10. The Morgan fingerprint density at radius 1 is 0.737 bits per heavy atom. The molecule has 4 rings (SSSR count). The highest BCUT2D eigenvalue weighted by molar-refractivity contribution is 7.99. The van der Waals surface area contributed by atoms with Gasteiger partial charge in [0, 0.05) is 11.5 Å². The van der Waals surface area contributed by atoms with Gasteiger partial charge in [-0.2, -0.15) is 19.6 Å². The number of methoxy groups -OCH3 is 2. The molecular weight excluding hydrogens is 561 g/mol. The Morgan fingerprint density at radius 3 is 1.50 bits per heavy atom. The van der Waals surface area contributed by atoms with E-state index in [4.69, 9.17) is 33.9 Å². The van der Waals surface area contributed by atoms with E-state index in [1.54, 1.807) is 59.5 Å². The van der Waals surface area contributed by atoms with Gasteiger partial charge in [-0.15, -0.1) is 10.2 Å². The Morgan fingerprint density at radius 2 is 1.13 bits per heavy atom. The molecule has 10 nitrogen and oxygen atoms in total. The summed E-state index contributed by atoms with van der Waals surface area (Å²) >= 11 is 13.9. The van der Waals surface area contributed by atoms with Gasteiger partial charge in [-0.3, -0.25) is 0 Å². The number of hydrogen-bond acceptors (Lipinski definition) is 10. The summed E-state index contributed by atoms with van der Waals surface area (Å²) in [4.78, 5) is 0. The van der Waals surface area contributed by atoms with Crippen molar-refractivity contribution in [1.82, 2.24) is 29.7 Å². The van der Waals surface area contributed by atoms with Crippen LogP contribution in [0.1, 0.15) is 24.0 Å². The molecule has 0 radical (unpaired) electrons. The van der Waals surface area contributed by atoms with Gasteiger partial charge in [0.05, 0.1) is 26.6 Å². The standard InChI is InChI=1S/C24H26N8O2S4/c1-33-19-9-5-17(6-10-19)15-25-31-21(35)27-29-23(31)37-13-3-4-14-38-24-30-28-22(36)32(24)26-16-18-7-11-20(34-2)12-8-18/h5-12,15-16H,3-4,13-14H2,1-2H3,(H,27,35)(H,28,36)/b25-15+,26-16+. The number of benzene rings is 2. The largest absolute Gasteiger partial charge is 0.497 e. The van der Waals surface area contributed by atoms with Gasteiger partial charge in [-0.25, -0.2) is 10.2 Å². The molecule has 2 heterocycles. The third kappa shape index (κ3) is 7.66. The van der Waals surface area contributed by atoms with E-state index >= 15 is 0 Å². The molecule has 0 unspecified atom stereocenters. The third-order valence-electron chi connectivity index (χ3n) is 5.12. The maximum absolute atomic E-state index is 5.34. The monoisotopic (exact) mass is 586 g/mol. The molecule has 4 aromatic rings. The van der Waals surface area contributed by atoms with Gasteiger partial charge >= 0.3 is 0 Å². The maximum atomic E-state index is 5.34. The van der Waals surface area contributed by atoms with Crippen molar-refractivity contribution in [3.8, 4) is 11.5 Å². The molecule has 0 saturated carbocycles. The minimum atomic E-state index is 0.450. The molecule has 0 fully saturated rings. The molecule has 38 heavy (non-hydrogen) atoms. The summed E-state index contributed by atoms with van der Waals surface area (Å²) < 4.78 is 14.6. The van der Waals surface area contributed by atoms with Crippen molar-refractivity contribution in [1.29, 1.82) is 0 Å². The van der Waals surface area contributed by atoms with E-state index in [-0.39, 0.29) is 0 Å². The highest BCUT2D eigenvalue weighted by Crippen LogP contribution is 2.21. The van der Waals surface area contributed by atoms with Crippen molar-refractivity contribution >= 4 is 60.4 Å². The van der Waals surface area contributed by atoms with Crippen molar-refractivity contribution in [2.45, 2.75) is 23.2 Å². The van der Waals surface area contributed by atoms with E-state index in [9.17, 15) is 0 Å². The van der Waals surface area contributed by atoms with Gasteiger partial charge in [-0.1, -0.05) is 23.5 Å². The summed E-state index contributed by atoms with van der Waals surface area (Å²) in [6.07, 6.45) is 5.46. The Kier molecular flexibility index (Phi) is 10.3. The van der Waals surface area contributed by atoms with E-state index in [0.29, 0.717) is 9.54 Å². The van der Waals surface area contributed by atoms with E-state index in [1.807, 2.05) is 48.5 Å². The van der Waals surface area contributed by atoms with E-state index in [0.717, 1.165) is 57.3 Å². The van der Waals surface area contributed by atoms with Crippen LogP contribution in [0.25, 0.3) is 0 Å². The molecule has 0 amide bonds. The van der Waals surface area contributed by atoms with Crippen molar-refractivity contribution < 1.29 is 9.47 Å². The average molecular weight is 587 g/mol. The van der Waals surface area contributed by atoms with Crippen LogP contribution in [0.3, 0.4) is 0 Å². The van der Waals surface area contributed by atoms with Crippen LogP contribution in [-0.2, 0) is 0 Å². The van der Waals surface area contributed by atoms with Gasteiger partial charge in [-0.05, 0) is 96.9 Å². The van der Waals surface area contributed by atoms with Crippen LogP contribution < -0.4 is 9.47 Å². The van der Waals surface area contributed by atoms with Crippen molar-refractivity contribution in [2.24, 2.45) is 10.2 Å². The molecule has 0 atom stereocenters. The Labute approximate surface area is 238 Å². The first-order valence-electron chi connectivity index (χ1n) is 11.5. The summed E-state index contributed by atoms with van der Waals surface area (Å²) in [5.41, 5.74) is 1.88. The first kappa shape index (κ1) is 27.8. The Hall–Kier alpha value is -3.20. The van der Waals surface area contributed by atoms with Crippen LogP contribution in [0.15, 0.2) is 69.0 Å². The van der Waals surface area contributed by atoms with Crippen molar-refractivity contribution in [2.75, 3.05) is 25.7 Å². The SMILES string of the molecule is COc1ccc(/C=N/n2c(SCCCCSc3n[nH]c(=S)n3/N=C/c3ccc(OC)cc3)n[nH]c2=S)cc1. The molecule has 0 spiro atoms. The van der Waals surface area contributed by atoms with E-state index in [2.05, 4.69) is 30.6 Å². The summed E-state index contributed by atoms with van der Waals surface area (Å²) in [6, 6.07) is 15.3. The predicted molar refractivity (Wildman–Crippen MR) is 157 cm³/mol. The van der Waals surface area contributed by atoms with Crippen molar-refractivity contribution in [3.05, 3.63) is 69.2 Å². The predicted octanol–water partition coefficient (Wildman–Crippen LogP) is 5.64. The second-order valence-electron chi connectivity index (χ2n) is 7.69. The highest BCUT2D eigenvalue weighted by Gasteiger charge is 2.08. The molecule has 0 saturated heterocycles. The molecule has 2 aromatic heterocycles. The number of nitrogens with one attached hydrogen (secondary N) is 2. The van der Waals surface area contributed by atoms with Crippen molar-refractivity contribution in [3.63, 3.8) is 0 Å². The second kappa shape index (κ2) is 14.1. The number of hydrogen-bond donors (Lipinski definition) is 2. The Bertz CT molecular complexity index is 1370. The normalized spacial score (nSPS) is 11.5. The number of nitrogens with zero attached hydrogens (tertiary/aromatic N) is 6. The topological polar surface area (TPSA) is 110 Å². The van der Waals surface area contributed by atoms with Crippen LogP contribution in [0.4, 0.5) is 0 Å². The van der Waals surface area contributed by atoms with Gasteiger partial charge < -0.3 is 9.47 Å². The fraction of sp³-hybridized carbons (Fsp3) is 0.250. The van der Waals surface area contributed by atoms with Crippen LogP contribution in [0, 0.1) is 9.54 Å². The number of aromatic nitrogens is 6. The highest BCUT2D eigenvalue weighted by atomic mass is 32.2. The maximum Gasteiger partial charge on any atom is 0.217 e. The zero-order valence-electron chi connectivity index (χ0n) is 20.7. The summed E-state index contributed by atoms with van der Waals surface area (Å²) in [5.74, 6) is 3.34. The third-order valence-corrected chi connectivity index (χ3v) is 7.68. The summed E-state index contributed by atoms with van der Waals surface area (Å²) in [7, 11) is 3.28. The van der Waals surface area contributed by atoms with E-state index in [1.165, 1.54) is 0 Å². The quantitative estimate of drug-likeness (QED) is 0.0896. The lowest BCUT2D eigenvalue weighted by molar-refractivity contribution is 0.414. The van der Waals surface area contributed by atoms with Gasteiger partial charge in [0.15, 0.2) is 0 Å². The number of rotatable bonds is 13. The second-order valence-corrected chi connectivity index (χ2v) is 10.6. The van der Waals surface area contributed by atoms with Gasteiger partial charge in [0.1, 0.15) is 11.5 Å². The van der Waals surface area contributed by atoms with E-state index < -0.39 is 0 Å². The summed E-state index contributed by atoms with van der Waals surface area (Å²) in [5, 5.41) is 24.7. The first-order valence-corrected chi connectivity index (χ1v) is 14.3. The number of ether oxygens (including phenoxy) is 2. The zero-order valence-corrected chi connectivity index (χ0v) is 24.0. The minimum absolute atomic E-state index is 0.450. The molecule has 2 aromatic carbocycles. The lowest BCUT2D eigenvalue weighted by atomic mass is 10.2. The zero-order chi connectivity index (χ0) is 26.7. The molecular formula is C24H26N8O2S4. The van der Waals surface area contributed by atoms with Gasteiger partial charge in [0.25, 0.3) is 0 Å². The van der Waals surface area contributed by atoms with Gasteiger partial charge in [0.2, 0.25) is 19.9 Å². The van der Waals surface area contributed by atoms with Crippen LogP contribution in [0.2, 0.25) is 0 Å². The molecule has 198 valence electrons. The number of aromatic amines is 2. The molecule has 0 bridgehead atoms. The molecule has 0 aliphatic heterocycles. The molecule has 14 heteroatoms. The van der Waals surface area contributed by atoms with Crippen LogP contribution >= 0.6 is 48.0 Å². The number of unbranched alkanes of at least 4 members (excludes halogenated alkanes) is 1. The average Bonchev–Trinajstić information content (AvgIpc) is 3.49. The lowest BCUT2D eigenvalue weighted by Gasteiger charge is -2.03. The number of thioether (sulfide) groups is 2. The Balaban J connectivity index is 1.24.